The summed E-state index contributed by atoms with van der Waals surface area (Å²) in [5, 5.41) is 5.40. The molecule has 0 spiro atoms. The molecule has 0 fully saturated rings. The summed E-state index contributed by atoms with van der Waals surface area (Å²) in [6.45, 7) is 2.97. The Hall–Kier alpha value is -2.50. The van der Waals surface area contributed by atoms with E-state index in [0.717, 1.165) is 43.6 Å². The number of hydrogen-bond acceptors (Lipinski definition) is 3. The van der Waals surface area contributed by atoms with E-state index in [4.69, 9.17) is 0 Å². The van der Waals surface area contributed by atoms with Gasteiger partial charge in [0, 0.05) is 6.54 Å². The highest BCUT2D eigenvalue weighted by Crippen LogP contribution is 2.19. The first-order chi connectivity index (χ1) is 11.1. The number of unbranched alkanes of at least 4 members (excludes halogenated alkanes) is 2. The molecule has 1 aromatic carbocycles. The summed E-state index contributed by atoms with van der Waals surface area (Å²) >= 11 is 0. The van der Waals surface area contributed by atoms with Crippen LogP contribution in [0.4, 0.5) is 20.2 Å². The zero-order chi connectivity index (χ0) is 16.7. The minimum absolute atomic E-state index is 0.0896. The fraction of sp³-hybridized carbons (Fsp3) is 0.294. The number of benzene rings is 1. The van der Waals surface area contributed by atoms with Gasteiger partial charge in [-0.3, -0.25) is 4.79 Å². The van der Waals surface area contributed by atoms with Crippen LogP contribution in [0.2, 0.25) is 0 Å². The molecule has 0 unspecified atom stereocenters. The third-order valence-corrected chi connectivity index (χ3v) is 3.31. The Kier molecular flexibility index (Phi) is 6.02. The second-order valence-corrected chi connectivity index (χ2v) is 5.12. The van der Waals surface area contributed by atoms with Crippen molar-refractivity contribution in [3.63, 3.8) is 0 Å². The Labute approximate surface area is 133 Å². The number of para-hydroxylation sites is 1. The molecule has 0 aliphatic rings. The number of amides is 1. The maximum absolute atomic E-state index is 13.5. The molecule has 6 heteroatoms. The van der Waals surface area contributed by atoms with Gasteiger partial charge in [0.05, 0.1) is 11.9 Å². The number of hydrogen-bond donors (Lipinski definition) is 2. The van der Waals surface area contributed by atoms with E-state index in [1.807, 2.05) is 0 Å². The van der Waals surface area contributed by atoms with Crippen LogP contribution in [0.5, 0.6) is 0 Å². The van der Waals surface area contributed by atoms with E-state index in [0.29, 0.717) is 0 Å². The maximum atomic E-state index is 13.5. The number of anilines is 2. The molecular weight excluding hydrogens is 300 g/mol. The van der Waals surface area contributed by atoms with E-state index in [1.165, 1.54) is 18.3 Å². The first kappa shape index (κ1) is 16.9. The quantitative estimate of drug-likeness (QED) is 0.752. The molecule has 1 heterocycles. The van der Waals surface area contributed by atoms with Crippen molar-refractivity contribution in [2.45, 2.75) is 26.2 Å². The van der Waals surface area contributed by atoms with E-state index in [9.17, 15) is 13.6 Å². The normalized spacial score (nSPS) is 10.4. The lowest BCUT2D eigenvalue weighted by atomic mass is 10.2. The van der Waals surface area contributed by atoms with Gasteiger partial charge >= 0.3 is 0 Å². The van der Waals surface area contributed by atoms with Gasteiger partial charge in [0.2, 0.25) is 0 Å². The van der Waals surface area contributed by atoms with Gasteiger partial charge in [-0.15, -0.1) is 0 Å². The highest BCUT2D eigenvalue weighted by atomic mass is 19.1. The first-order valence-corrected chi connectivity index (χ1v) is 7.57. The standard InChI is InChI=1S/C17H19F2N3O/c1-2-3-4-10-20-12-8-9-15(21-11-12)17(23)22-16-13(18)6-5-7-14(16)19/h5-9,11,20H,2-4,10H2,1H3,(H,22,23). The number of rotatable bonds is 7. The van der Waals surface area contributed by atoms with Crippen molar-refractivity contribution < 1.29 is 13.6 Å². The molecule has 23 heavy (non-hydrogen) atoms. The number of nitrogens with one attached hydrogen (secondary N) is 2. The van der Waals surface area contributed by atoms with Crippen molar-refractivity contribution in [3.8, 4) is 0 Å². The predicted molar refractivity (Wildman–Crippen MR) is 86.6 cm³/mol. The topological polar surface area (TPSA) is 54.0 Å². The first-order valence-electron chi connectivity index (χ1n) is 7.57. The Balaban J connectivity index is 1.97. The van der Waals surface area contributed by atoms with E-state index >= 15 is 0 Å². The molecule has 4 nitrogen and oxygen atoms in total. The van der Waals surface area contributed by atoms with Crippen LogP contribution in [-0.4, -0.2) is 17.4 Å². The second kappa shape index (κ2) is 8.22. The monoisotopic (exact) mass is 319 g/mol. The summed E-state index contributed by atoms with van der Waals surface area (Å²) in [5.74, 6) is -2.31. The molecule has 1 aromatic heterocycles. The fourth-order valence-corrected chi connectivity index (χ4v) is 2.04. The van der Waals surface area contributed by atoms with Crippen molar-refractivity contribution in [2.24, 2.45) is 0 Å². The highest BCUT2D eigenvalue weighted by molar-refractivity contribution is 6.03. The number of halogens is 2. The van der Waals surface area contributed by atoms with Crippen LogP contribution in [-0.2, 0) is 0 Å². The molecule has 0 aliphatic heterocycles. The third-order valence-electron chi connectivity index (χ3n) is 3.31. The summed E-state index contributed by atoms with van der Waals surface area (Å²) < 4.78 is 27.0. The molecule has 0 bridgehead atoms. The van der Waals surface area contributed by atoms with Crippen LogP contribution in [0.15, 0.2) is 36.5 Å². The zero-order valence-electron chi connectivity index (χ0n) is 12.9. The second-order valence-electron chi connectivity index (χ2n) is 5.12. The molecule has 0 saturated heterocycles. The Morgan fingerprint density at radius 2 is 1.87 bits per heavy atom. The van der Waals surface area contributed by atoms with Crippen molar-refractivity contribution in [1.82, 2.24) is 4.98 Å². The van der Waals surface area contributed by atoms with Crippen molar-refractivity contribution in [2.75, 3.05) is 17.2 Å². The largest absolute Gasteiger partial charge is 0.384 e. The van der Waals surface area contributed by atoms with Gasteiger partial charge in [0.1, 0.15) is 23.0 Å². The lowest BCUT2D eigenvalue weighted by Crippen LogP contribution is -2.16. The molecule has 2 N–H and O–H groups in total. The van der Waals surface area contributed by atoms with E-state index < -0.39 is 23.2 Å². The Bertz CT molecular complexity index is 639. The van der Waals surface area contributed by atoms with Gasteiger partial charge in [-0.05, 0) is 30.7 Å². The average molecular weight is 319 g/mol. The Morgan fingerprint density at radius 1 is 1.13 bits per heavy atom. The predicted octanol–water partition coefficient (Wildman–Crippen LogP) is 4.21. The Morgan fingerprint density at radius 3 is 2.48 bits per heavy atom. The SMILES string of the molecule is CCCCCNc1ccc(C(=O)Nc2c(F)cccc2F)nc1. The number of carbonyl (C=O) groups excluding carboxylic acids is 1. The van der Waals surface area contributed by atoms with Crippen LogP contribution in [0.3, 0.4) is 0 Å². The minimum atomic E-state index is -0.826. The number of aromatic nitrogens is 1. The molecule has 0 radical (unpaired) electrons. The minimum Gasteiger partial charge on any atom is -0.384 e. The van der Waals surface area contributed by atoms with Crippen molar-refractivity contribution >= 4 is 17.3 Å². The molecule has 0 aliphatic carbocycles. The summed E-state index contributed by atoms with van der Waals surface area (Å²) in [4.78, 5) is 16.0. The average Bonchev–Trinajstić information content (AvgIpc) is 2.55. The molecule has 0 saturated carbocycles. The lowest BCUT2D eigenvalue weighted by molar-refractivity contribution is 0.102. The smallest absolute Gasteiger partial charge is 0.274 e. The van der Waals surface area contributed by atoms with Gasteiger partial charge in [-0.1, -0.05) is 25.8 Å². The van der Waals surface area contributed by atoms with Crippen LogP contribution in [0.25, 0.3) is 0 Å². The number of carbonyl (C=O) groups is 1. The van der Waals surface area contributed by atoms with Gasteiger partial charge in [0.25, 0.3) is 5.91 Å². The van der Waals surface area contributed by atoms with Gasteiger partial charge in [0.15, 0.2) is 0 Å². The fourth-order valence-electron chi connectivity index (χ4n) is 2.04. The summed E-state index contributed by atoms with van der Waals surface area (Å²) in [6, 6.07) is 6.62. The van der Waals surface area contributed by atoms with Crippen LogP contribution >= 0.6 is 0 Å². The van der Waals surface area contributed by atoms with Gasteiger partial charge in [-0.25, -0.2) is 13.8 Å². The van der Waals surface area contributed by atoms with E-state index in [2.05, 4.69) is 22.5 Å². The highest BCUT2D eigenvalue weighted by Gasteiger charge is 2.14. The molecule has 2 aromatic rings. The summed E-state index contributed by atoms with van der Waals surface area (Å²) in [7, 11) is 0. The van der Waals surface area contributed by atoms with Crippen molar-refractivity contribution in [1.29, 1.82) is 0 Å². The van der Waals surface area contributed by atoms with Crippen LogP contribution in [0.1, 0.15) is 36.7 Å². The third kappa shape index (κ3) is 4.74. The molecule has 1 amide bonds. The molecular formula is C17H19F2N3O. The van der Waals surface area contributed by atoms with Gasteiger partial charge in [-0.2, -0.15) is 0 Å². The van der Waals surface area contributed by atoms with E-state index in [1.54, 1.807) is 6.07 Å². The van der Waals surface area contributed by atoms with Crippen molar-refractivity contribution in [3.05, 3.63) is 53.9 Å². The molecule has 0 atom stereocenters. The van der Waals surface area contributed by atoms with Crippen LogP contribution < -0.4 is 10.6 Å². The van der Waals surface area contributed by atoms with Gasteiger partial charge < -0.3 is 10.6 Å². The molecule has 2 rings (SSSR count). The summed E-state index contributed by atoms with van der Waals surface area (Å²) in [6.07, 6.45) is 4.88. The van der Waals surface area contributed by atoms with E-state index in [-0.39, 0.29) is 5.69 Å². The van der Waals surface area contributed by atoms with Crippen LogP contribution in [0, 0.1) is 11.6 Å². The maximum Gasteiger partial charge on any atom is 0.274 e. The number of pyridine rings is 1. The zero-order valence-corrected chi connectivity index (χ0v) is 12.9. The number of nitrogens with zero attached hydrogens (tertiary/aromatic N) is 1. The molecule has 122 valence electrons. The lowest BCUT2D eigenvalue weighted by Gasteiger charge is -2.08. The summed E-state index contributed by atoms with van der Waals surface area (Å²) in [5.41, 5.74) is 0.419.